The molecule has 22 heavy (non-hydrogen) atoms. The number of carbonyl (C=O) groups excluding carboxylic acids is 2. The van der Waals surface area contributed by atoms with E-state index >= 15 is 0 Å². The molecule has 0 aromatic heterocycles. The maximum Gasteiger partial charge on any atom is 0.238 e. The van der Waals surface area contributed by atoms with Gasteiger partial charge in [-0.3, -0.25) is 9.59 Å². The quantitative estimate of drug-likeness (QED) is 0.848. The first-order valence-corrected chi connectivity index (χ1v) is 8.23. The van der Waals surface area contributed by atoms with Gasteiger partial charge < -0.3 is 15.5 Å². The van der Waals surface area contributed by atoms with E-state index in [9.17, 15) is 9.59 Å². The van der Waals surface area contributed by atoms with Crippen molar-refractivity contribution in [2.24, 2.45) is 0 Å². The zero-order valence-electron chi connectivity index (χ0n) is 12.6. The minimum absolute atomic E-state index is 0. The van der Waals surface area contributed by atoms with E-state index < -0.39 is 0 Å². The van der Waals surface area contributed by atoms with Gasteiger partial charge in [-0.05, 0) is 24.7 Å². The van der Waals surface area contributed by atoms with Crippen molar-refractivity contribution in [1.82, 2.24) is 10.2 Å². The first-order valence-electron chi connectivity index (χ1n) is 7.08. The normalized spacial score (nSPS) is 14.1. The Morgan fingerprint density at radius 3 is 2.41 bits per heavy atom. The fourth-order valence-corrected chi connectivity index (χ4v) is 3.07. The number of carbonyl (C=O) groups is 2. The molecule has 1 aliphatic rings. The van der Waals surface area contributed by atoms with E-state index in [4.69, 9.17) is 0 Å². The zero-order valence-corrected chi connectivity index (χ0v) is 14.3. The topological polar surface area (TPSA) is 61.4 Å². The predicted octanol–water partition coefficient (Wildman–Crippen LogP) is 1.38. The molecule has 0 unspecified atom stereocenters. The largest absolute Gasteiger partial charge is 0.341 e. The minimum atomic E-state index is -0.0767. The number of hydrogen-bond donors (Lipinski definition) is 2. The van der Waals surface area contributed by atoms with E-state index in [1.54, 1.807) is 7.05 Å². The number of thioether (sulfide) groups is 1. The van der Waals surface area contributed by atoms with E-state index in [-0.39, 0.29) is 30.8 Å². The molecule has 0 radical (unpaired) electrons. The molecule has 0 atom stereocenters. The lowest BCUT2D eigenvalue weighted by atomic mass is 10.1. The third-order valence-corrected chi connectivity index (χ3v) is 4.24. The third kappa shape index (κ3) is 5.87. The Bertz CT molecular complexity index is 490. The van der Waals surface area contributed by atoms with E-state index in [1.807, 2.05) is 40.9 Å². The molecule has 1 aromatic carbocycles. The summed E-state index contributed by atoms with van der Waals surface area (Å²) in [5.41, 5.74) is 1.73. The summed E-state index contributed by atoms with van der Waals surface area (Å²) in [4.78, 5) is 25.5. The standard InChI is InChI=1S/C15H21N3O2S.ClH/c1-16-11-14(19)17-13-4-2-12(3-5-13)10-15(20)18-6-8-21-9-7-18;/h2-5,16H,6-11H2,1H3,(H,17,19);1H. The second-order valence-electron chi connectivity index (χ2n) is 4.95. The monoisotopic (exact) mass is 343 g/mol. The molecule has 5 nitrogen and oxygen atoms in total. The number of halogens is 1. The fraction of sp³-hybridized carbons (Fsp3) is 0.467. The van der Waals surface area contributed by atoms with Crippen LogP contribution in [-0.4, -0.2) is 54.9 Å². The van der Waals surface area contributed by atoms with Crippen molar-refractivity contribution in [1.29, 1.82) is 0 Å². The summed E-state index contributed by atoms with van der Waals surface area (Å²) < 4.78 is 0. The van der Waals surface area contributed by atoms with Gasteiger partial charge in [0.05, 0.1) is 13.0 Å². The summed E-state index contributed by atoms with van der Waals surface area (Å²) in [7, 11) is 1.73. The molecule has 0 bridgehead atoms. The molecule has 0 aliphatic carbocycles. The molecular weight excluding hydrogens is 322 g/mol. The molecule has 0 saturated carbocycles. The molecule has 1 aromatic rings. The van der Waals surface area contributed by atoms with Crippen LogP contribution in [0.4, 0.5) is 5.69 Å². The fourth-order valence-electron chi connectivity index (χ4n) is 2.17. The van der Waals surface area contributed by atoms with Crippen LogP contribution in [0, 0.1) is 0 Å². The average Bonchev–Trinajstić information content (AvgIpc) is 2.50. The SMILES string of the molecule is CNCC(=O)Nc1ccc(CC(=O)N2CCSCC2)cc1.Cl. The molecule has 122 valence electrons. The summed E-state index contributed by atoms with van der Waals surface area (Å²) in [6.07, 6.45) is 0.426. The molecule has 1 heterocycles. The van der Waals surface area contributed by atoms with E-state index in [0.717, 1.165) is 35.8 Å². The van der Waals surface area contributed by atoms with Gasteiger partial charge >= 0.3 is 0 Å². The van der Waals surface area contributed by atoms with Crippen LogP contribution in [0.2, 0.25) is 0 Å². The number of anilines is 1. The van der Waals surface area contributed by atoms with Gasteiger partial charge in [0.25, 0.3) is 0 Å². The van der Waals surface area contributed by atoms with Crippen molar-refractivity contribution in [3.05, 3.63) is 29.8 Å². The van der Waals surface area contributed by atoms with E-state index in [1.165, 1.54) is 0 Å². The van der Waals surface area contributed by atoms with Crippen molar-refractivity contribution < 1.29 is 9.59 Å². The Kier molecular flexibility index (Phi) is 8.30. The summed E-state index contributed by atoms with van der Waals surface area (Å²) in [5, 5.41) is 5.58. The highest BCUT2D eigenvalue weighted by Crippen LogP contribution is 2.13. The zero-order chi connectivity index (χ0) is 15.1. The van der Waals surface area contributed by atoms with Gasteiger partial charge in [0.2, 0.25) is 11.8 Å². The van der Waals surface area contributed by atoms with E-state index in [2.05, 4.69) is 10.6 Å². The lowest BCUT2D eigenvalue weighted by molar-refractivity contribution is -0.130. The first-order chi connectivity index (χ1) is 10.2. The number of hydrogen-bond acceptors (Lipinski definition) is 4. The molecule has 7 heteroatoms. The average molecular weight is 344 g/mol. The second kappa shape index (κ2) is 9.71. The number of nitrogens with one attached hydrogen (secondary N) is 2. The third-order valence-electron chi connectivity index (χ3n) is 3.29. The lowest BCUT2D eigenvalue weighted by Gasteiger charge is -2.26. The van der Waals surface area contributed by atoms with E-state index in [0.29, 0.717) is 6.42 Å². The van der Waals surface area contributed by atoms with Crippen molar-refractivity contribution in [2.75, 3.05) is 43.5 Å². The Labute approximate surface area is 141 Å². The summed E-state index contributed by atoms with van der Waals surface area (Å²) >= 11 is 1.89. The number of likely N-dealkylation sites (N-methyl/N-ethyl adjacent to an activating group) is 1. The van der Waals surface area contributed by atoms with Crippen LogP contribution in [0.25, 0.3) is 0 Å². The maximum atomic E-state index is 12.2. The van der Waals surface area contributed by atoms with Crippen molar-refractivity contribution in [3.8, 4) is 0 Å². The van der Waals surface area contributed by atoms with Gasteiger partial charge in [-0.2, -0.15) is 11.8 Å². The molecule has 2 rings (SSSR count). The van der Waals surface area contributed by atoms with Crippen LogP contribution >= 0.6 is 24.2 Å². The highest BCUT2D eigenvalue weighted by atomic mass is 35.5. The molecule has 0 spiro atoms. The molecule has 2 N–H and O–H groups in total. The number of benzene rings is 1. The molecule has 1 fully saturated rings. The molecular formula is C15H22ClN3O2S. The Morgan fingerprint density at radius 1 is 1.18 bits per heavy atom. The van der Waals surface area contributed by atoms with Crippen LogP contribution in [0.15, 0.2) is 24.3 Å². The lowest BCUT2D eigenvalue weighted by Crippen LogP contribution is -2.38. The maximum absolute atomic E-state index is 12.2. The minimum Gasteiger partial charge on any atom is -0.341 e. The molecule has 2 amide bonds. The highest BCUT2D eigenvalue weighted by molar-refractivity contribution is 7.99. The Morgan fingerprint density at radius 2 is 1.82 bits per heavy atom. The van der Waals surface area contributed by atoms with Crippen molar-refractivity contribution >= 4 is 41.7 Å². The Balaban J connectivity index is 0.00000242. The van der Waals surface area contributed by atoms with Crippen LogP contribution in [-0.2, 0) is 16.0 Å². The predicted molar refractivity (Wildman–Crippen MR) is 93.9 cm³/mol. The Hall–Kier alpha value is -1.24. The number of rotatable bonds is 5. The second-order valence-corrected chi connectivity index (χ2v) is 6.17. The van der Waals surface area contributed by atoms with Crippen LogP contribution in [0.3, 0.4) is 0 Å². The molecule has 1 saturated heterocycles. The van der Waals surface area contributed by atoms with Crippen LogP contribution in [0.5, 0.6) is 0 Å². The molecule has 1 aliphatic heterocycles. The van der Waals surface area contributed by atoms with Gasteiger partial charge in [0.15, 0.2) is 0 Å². The van der Waals surface area contributed by atoms with Crippen molar-refractivity contribution in [3.63, 3.8) is 0 Å². The van der Waals surface area contributed by atoms with Crippen molar-refractivity contribution in [2.45, 2.75) is 6.42 Å². The first kappa shape index (κ1) is 18.8. The van der Waals surface area contributed by atoms with Gasteiger partial charge in [0.1, 0.15) is 0 Å². The van der Waals surface area contributed by atoms with Gasteiger partial charge in [0, 0.05) is 30.3 Å². The van der Waals surface area contributed by atoms with Gasteiger partial charge in [-0.15, -0.1) is 12.4 Å². The van der Waals surface area contributed by atoms with Crippen LogP contribution in [0.1, 0.15) is 5.56 Å². The van der Waals surface area contributed by atoms with Gasteiger partial charge in [-0.1, -0.05) is 12.1 Å². The number of amides is 2. The van der Waals surface area contributed by atoms with Crippen LogP contribution < -0.4 is 10.6 Å². The summed E-state index contributed by atoms with van der Waals surface area (Å²) in [6, 6.07) is 7.46. The summed E-state index contributed by atoms with van der Waals surface area (Å²) in [6.45, 7) is 1.98. The highest BCUT2D eigenvalue weighted by Gasteiger charge is 2.16. The summed E-state index contributed by atoms with van der Waals surface area (Å²) in [5.74, 6) is 2.17. The van der Waals surface area contributed by atoms with Gasteiger partial charge in [-0.25, -0.2) is 0 Å². The number of nitrogens with zero attached hydrogens (tertiary/aromatic N) is 1. The smallest absolute Gasteiger partial charge is 0.238 e.